The molecule has 0 unspecified atom stereocenters. The summed E-state index contributed by atoms with van der Waals surface area (Å²) in [4.78, 5) is 14.9. The number of nitrogens with zero attached hydrogens (tertiary/aromatic N) is 1. The minimum absolute atomic E-state index is 0.117. The average Bonchev–Trinajstić information content (AvgIpc) is 3.38. The highest BCUT2D eigenvalue weighted by atomic mass is 32.2. The fourth-order valence-electron chi connectivity index (χ4n) is 3.30. The third kappa shape index (κ3) is 6.61. The third-order valence-corrected chi connectivity index (χ3v) is 6.39. The van der Waals surface area contributed by atoms with Crippen molar-refractivity contribution in [3.8, 4) is 11.5 Å². The normalized spacial score (nSPS) is 15.2. The number of carbonyl (C=O) groups excluding carboxylic acids is 1. The van der Waals surface area contributed by atoms with E-state index in [1.807, 2.05) is 30.3 Å². The number of amides is 1. The first-order chi connectivity index (χ1) is 15.1. The van der Waals surface area contributed by atoms with Crippen LogP contribution in [-0.4, -0.2) is 28.8 Å². The van der Waals surface area contributed by atoms with Crippen LogP contribution in [0.1, 0.15) is 56.8 Å². The van der Waals surface area contributed by atoms with E-state index in [1.54, 1.807) is 24.3 Å². The Morgan fingerprint density at radius 3 is 2.68 bits per heavy atom. The van der Waals surface area contributed by atoms with Crippen molar-refractivity contribution >= 4 is 40.3 Å². The highest BCUT2D eigenvalue weighted by Gasteiger charge is 2.32. The number of ether oxygens (including phenoxy) is 2. The summed E-state index contributed by atoms with van der Waals surface area (Å²) in [5, 5.41) is 0. The van der Waals surface area contributed by atoms with E-state index in [-0.39, 0.29) is 5.91 Å². The summed E-state index contributed by atoms with van der Waals surface area (Å²) >= 11 is 6.68. The van der Waals surface area contributed by atoms with Crippen molar-refractivity contribution in [2.45, 2.75) is 52.0 Å². The topological polar surface area (TPSA) is 51.9 Å². The average molecular weight is 460 g/mol. The number of thioether (sulfide) groups is 1. The van der Waals surface area contributed by atoms with Crippen LogP contribution in [0.2, 0.25) is 0 Å². The Kier molecular flexibility index (Phi) is 9.03. The Balaban J connectivity index is 1.59. The van der Waals surface area contributed by atoms with Crippen molar-refractivity contribution in [3.05, 3.63) is 52.8 Å². The standard InChI is InChI=1S/C24H29NO4S2/c1-3-4-5-6-7-8-13-29-20-12-11-18(15-21(20)27-2)16-22-23(26)25(24(30)31-22)17-19-10-9-14-28-19/h9-12,14-16H,3-8,13,17H2,1-2H3/b22-16-. The zero-order chi connectivity index (χ0) is 22.1. The summed E-state index contributed by atoms with van der Waals surface area (Å²) in [6, 6.07) is 9.33. The number of hydrogen-bond donors (Lipinski definition) is 0. The number of hydrogen-bond acceptors (Lipinski definition) is 6. The molecule has 0 atom stereocenters. The predicted molar refractivity (Wildman–Crippen MR) is 129 cm³/mol. The van der Waals surface area contributed by atoms with Crippen molar-refractivity contribution in [1.29, 1.82) is 0 Å². The van der Waals surface area contributed by atoms with E-state index < -0.39 is 0 Å². The summed E-state index contributed by atoms with van der Waals surface area (Å²) in [6.45, 7) is 3.23. The highest BCUT2D eigenvalue weighted by molar-refractivity contribution is 8.26. The van der Waals surface area contributed by atoms with Crippen molar-refractivity contribution in [2.75, 3.05) is 13.7 Å². The van der Waals surface area contributed by atoms with E-state index in [2.05, 4.69) is 6.92 Å². The van der Waals surface area contributed by atoms with Gasteiger partial charge in [-0.1, -0.05) is 69.1 Å². The van der Waals surface area contributed by atoms with Crippen LogP contribution in [0.25, 0.3) is 6.08 Å². The van der Waals surface area contributed by atoms with Crippen LogP contribution < -0.4 is 9.47 Å². The maximum Gasteiger partial charge on any atom is 0.266 e. The van der Waals surface area contributed by atoms with Gasteiger partial charge in [0.05, 0.1) is 31.4 Å². The first-order valence-electron chi connectivity index (χ1n) is 10.7. The van der Waals surface area contributed by atoms with Crippen LogP contribution in [0.4, 0.5) is 0 Å². The Morgan fingerprint density at radius 1 is 1.13 bits per heavy atom. The summed E-state index contributed by atoms with van der Waals surface area (Å²) in [6.07, 6.45) is 10.7. The maximum absolute atomic E-state index is 12.8. The molecule has 0 N–H and O–H groups in total. The van der Waals surface area contributed by atoms with Gasteiger partial charge < -0.3 is 13.9 Å². The molecule has 0 saturated carbocycles. The molecule has 1 amide bonds. The lowest BCUT2D eigenvalue weighted by Crippen LogP contribution is -2.27. The molecule has 1 aromatic heterocycles. The molecule has 166 valence electrons. The molecule has 0 bridgehead atoms. The van der Waals surface area contributed by atoms with E-state index in [0.717, 1.165) is 17.7 Å². The van der Waals surface area contributed by atoms with E-state index in [0.29, 0.717) is 33.9 Å². The Bertz CT molecular complexity index is 908. The Morgan fingerprint density at radius 2 is 1.94 bits per heavy atom. The van der Waals surface area contributed by atoms with Gasteiger partial charge in [-0.15, -0.1) is 0 Å². The minimum atomic E-state index is -0.117. The smallest absolute Gasteiger partial charge is 0.266 e. The summed E-state index contributed by atoms with van der Waals surface area (Å²) in [5.41, 5.74) is 0.863. The summed E-state index contributed by atoms with van der Waals surface area (Å²) in [7, 11) is 1.62. The second-order valence-corrected chi connectivity index (χ2v) is 9.05. The number of carbonyl (C=O) groups is 1. The fraction of sp³-hybridized carbons (Fsp3) is 0.417. The maximum atomic E-state index is 12.8. The fourth-order valence-corrected chi connectivity index (χ4v) is 4.56. The number of thiocarbonyl (C=S) groups is 1. The van der Waals surface area contributed by atoms with E-state index in [1.165, 1.54) is 43.9 Å². The second-order valence-electron chi connectivity index (χ2n) is 7.37. The lowest BCUT2D eigenvalue weighted by molar-refractivity contribution is -0.122. The molecule has 2 aromatic rings. The first kappa shape index (κ1) is 23.4. The van der Waals surface area contributed by atoms with Gasteiger partial charge in [-0.2, -0.15) is 0 Å². The van der Waals surface area contributed by atoms with Crippen LogP contribution in [-0.2, 0) is 11.3 Å². The van der Waals surface area contributed by atoms with Crippen molar-refractivity contribution in [2.24, 2.45) is 0 Å². The largest absolute Gasteiger partial charge is 0.493 e. The summed E-state index contributed by atoms with van der Waals surface area (Å²) < 4.78 is 17.3. The zero-order valence-electron chi connectivity index (χ0n) is 18.1. The molecule has 31 heavy (non-hydrogen) atoms. The van der Waals surface area contributed by atoms with E-state index >= 15 is 0 Å². The molecule has 1 aliphatic heterocycles. The molecule has 1 aromatic carbocycles. The van der Waals surface area contributed by atoms with Gasteiger partial charge in [-0.05, 0) is 42.3 Å². The van der Waals surface area contributed by atoms with E-state index in [4.69, 9.17) is 26.1 Å². The molecular weight excluding hydrogens is 430 g/mol. The van der Waals surface area contributed by atoms with Crippen molar-refractivity contribution in [3.63, 3.8) is 0 Å². The second kappa shape index (κ2) is 12.0. The molecule has 1 saturated heterocycles. The third-order valence-electron chi connectivity index (χ3n) is 5.01. The Labute approximate surface area is 193 Å². The van der Waals surface area contributed by atoms with E-state index in [9.17, 15) is 4.79 Å². The van der Waals surface area contributed by atoms with Gasteiger partial charge in [0, 0.05) is 0 Å². The van der Waals surface area contributed by atoms with Gasteiger partial charge in [-0.3, -0.25) is 9.69 Å². The number of unbranched alkanes of at least 4 members (excludes halogenated alkanes) is 5. The SMILES string of the molecule is CCCCCCCCOc1ccc(/C=C2\SC(=S)N(Cc3ccco3)C2=O)cc1OC. The number of methoxy groups -OCH3 is 1. The lowest BCUT2D eigenvalue weighted by Gasteiger charge is -2.12. The predicted octanol–water partition coefficient (Wildman–Crippen LogP) is 6.43. The van der Waals surface area contributed by atoms with Crippen LogP contribution in [0, 0.1) is 0 Å². The lowest BCUT2D eigenvalue weighted by atomic mass is 10.1. The van der Waals surface area contributed by atoms with Crippen LogP contribution in [0.3, 0.4) is 0 Å². The van der Waals surface area contributed by atoms with Crippen molar-refractivity contribution in [1.82, 2.24) is 4.90 Å². The van der Waals surface area contributed by atoms with Gasteiger partial charge in [0.2, 0.25) is 0 Å². The van der Waals surface area contributed by atoms with Gasteiger partial charge in [0.1, 0.15) is 10.1 Å². The van der Waals surface area contributed by atoms with Gasteiger partial charge in [-0.25, -0.2) is 0 Å². The van der Waals surface area contributed by atoms with Gasteiger partial charge in [0.25, 0.3) is 5.91 Å². The molecule has 0 radical (unpaired) electrons. The molecule has 1 aliphatic rings. The first-order valence-corrected chi connectivity index (χ1v) is 11.9. The van der Waals surface area contributed by atoms with Gasteiger partial charge >= 0.3 is 0 Å². The molecule has 2 heterocycles. The number of rotatable bonds is 12. The monoisotopic (exact) mass is 459 g/mol. The molecule has 0 spiro atoms. The van der Waals surface area contributed by atoms with Crippen LogP contribution in [0.5, 0.6) is 11.5 Å². The van der Waals surface area contributed by atoms with Crippen molar-refractivity contribution < 1.29 is 18.7 Å². The van der Waals surface area contributed by atoms with Gasteiger partial charge in [0.15, 0.2) is 11.5 Å². The Hall–Kier alpha value is -2.25. The molecule has 5 nitrogen and oxygen atoms in total. The van der Waals surface area contributed by atoms with Crippen LogP contribution >= 0.6 is 24.0 Å². The molecule has 3 rings (SSSR count). The molecular formula is C24H29NO4S2. The number of benzene rings is 1. The molecule has 1 fully saturated rings. The van der Waals surface area contributed by atoms with Crippen LogP contribution in [0.15, 0.2) is 45.9 Å². The minimum Gasteiger partial charge on any atom is -0.493 e. The molecule has 7 heteroatoms. The quantitative estimate of drug-likeness (QED) is 0.207. The highest BCUT2D eigenvalue weighted by Crippen LogP contribution is 2.35. The number of furan rings is 1. The summed E-state index contributed by atoms with van der Waals surface area (Å²) in [5.74, 6) is 1.96. The zero-order valence-corrected chi connectivity index (χ0v) is 19.7. The molecule has 0 aliphatic carbocycles.